The van der Waals surface area contributed by atoms with E-state index in [-0.39, 0.29) is 5.75 Å². The summed E-state index contributed by atoms with van der Waals surface area (Å²) >= 11 is 0. The standard InChI is InChI=1S/C14H31NO3S/c1-3-4-5-6-7-8-9-10-11-12-15(2)13-14-19(16,17)18/h3-14H2,1-2H3,(H,16,17,18). The lowest BCUT2D eigenvalue weighted by Gasteiger charge is -2.15. The highest BCUT2D eigenvalue weighted by molar-refractivity contribution is 7.85. The molecule has 0 fully saturated rings. The van der Waals surface area contributed by atoms with E-state index in [4.69, 9.17) is 4.55 Å². The van der Waals surface area contributed by atoms with E-state index >= 15 is 0 Å². The molecule has 116 valence electrons. The van der Waals surface area contributed by atoms with Gasteiger partial charge in [-0.25, -0.2) is 0 Å². The predicted molar refractivity (Wildman–Crippen MR) is 81.1 cm³/mol. The van der Waals surface area contributed by atoms with Gasteiger partial charge in [0.05, 0.1) is 5.75 Å². The Hall–Kier alpha value is -0.130. The van der Waals surface area contributed by atoms with Crippen LogP contribution in [0.15, 0.2) is 0 Å². The first-order chi connectivity index (χ1) is 8.95. The molecule has 0 spiro atoms. The molecule has 0 heterocycles. The van der Waals surface area contributed by atoms with Crippen molar-refractivity contribution in [1.82, 2.24) is 4.90 Å². The van der Waals surface area contributed by atoms with Crippen LogP contribution in [0.1, 0.15) is 64.7 Å². The van der Waals surface area contributed by atoms with Gasteiger partial charge in [0.15, 0.2) is 0 Å². The second kappa shape index (κ2) is 11.7. The summed E-state index contributed by atoms with van der Waals surface area (Å²) in [7, 11) is -1.91. The van der Waals surface area contributed by atoms with Crippen molar-refractivity contribution >= 4 is 10.1 Å². The maximum Gasteiger partial charge on any atom is 0.266 e. The topological polar surface area (TPSA) is 57.6 Å². The third-order valence-corrected chi connectivity index (χ3v) is 4.07. The molecule has 4 nitrogen and oxygen atoms in total. The first-order valence-corrected chi connectivity index (χ1v) is 9.20. The van der Waals surface area contributed by atoms with Gasteiger partial charge in [-0.3, -0.25) is 4.55 Å². The highest BCUT2D eigenvalue weighted by Gasteiger charge is 2.06. The van der Waals surface area contributed by atoms with Crippen molar-refractivity contribution in [2.45, 2.75) is 64.7 Å². The van der Waals surface area contributed by atoms with Gasteiger partial charge in [-0.2, -0.15) is 8.42 Å². The third-order valence-electron chi connectivity index (χ3n) is 3.37. The van der Waals surface area contributed by atoms with Crippen LogP contribution in [-0.2, 0) is 10.1 Å². The average Bonchev–Trinajstić information content (AvgIpc) is 2.33. The molecule has 0 amide bonds. The van der Waals surface area contributed by atoms with Crippen molar-refractivity contribution in [2.75, 3.05) is 25.9 Å². The summed E-state index contributed by atoms with van der Waals surface area (Å²) in [5, 5.41) is 0. The molecule has 19 heavy (non-hydrogen) atoms. The van der Waals surface area contributed by atoms with Crippen LogP contribution in [-0.4, -0.2) is 43.8 Å². The lowest BCUT2D eigenvalue weighted by Crippen LogP contribution is -2.26. The van der Waals surface area contributed by atoms with E-state index in [0.717, 1.165) is 13.0 Å². The zero-order valence-electron chi connectivity index (χ0n) is 12.6. The highest BCUT2D eigenvalue weighted by Crippen LogP contribution is 2.09. The molecule has 0 bridgehead atoms. The van der Waals surface area contributed by atoms with Gasteiger partial charge in [0.25, 0.3) is 10.1 Å². The molecular weight excluding hydrogens is 262 g/mol. The van der Waals surface area contributed by atoms with Crippen LogP contribution in [0.4, 0.5) is 0 Å². The summed E-state index contributed by atoms with van der Waals surface area (Å²) in [6.45, 7) is 3.56. The lowest BCUT2D eigenvalue weighted by atomic mass is 10.1. The smallest absolute Gasteiger partial charge is 0.266 e. The molecule has 0 aromatic carbocycles. The van der Waals surface area contributed by atoms with Crippen molar-refractivity contribution in [3.63, 3.8) is 0 Å². The zero-order valence-corrected chi connectivity index (χ0v) is 13.4. The van der Waals surface area contributed by atoms with Gasteiger partial charge in [-0.1, -0.05) is 58.3 Å². The Morgan fingerprint density at radius 3 is 1.79 bits per heavy atom. The Labute approximate surface area is 119 Å². The molecule has 0 aromatic heterocycles. The molecule has 1 N–H and O–H groups in total. The molecule has 0 unspecified atom stereocenters. The molecule has 5 heteroatoms. The number of rotatable bonds is 13. The Morgan fingerprint density at radius 1 is 0.842 bits per heavy atom. The van der Waals surface area contributed by atoms with E-state index in [9.17, 15) is 8.42 Å². The van der Waals surface area contributed by atoms with Gasteiger partial charge in [0.2, 0.25) is 0 Å². The molecular formula is C14H31NO3S. The number of unbranched alkanes of at least 4 members (excludes halogenated alkanes) is 8. The fraction of sp³-hybridized carbons (Fsp3) is 1.00. The van der Waals surface area contributed by atoms with Crippen LogP contribution in [0.25, 0.3) is 0 Å². The summed E-state index contributed by atoms with van der Waals surface area (Å²) in [5.74, 6) is -0.166. The van der Waals surface area contributed by atoms with E-state index in [1.54, 1.807) is 0 Å². The molecule has 0 aliphatic carbocycles. The van der Waals surface area contributed by atoms with E-state index in [1.165, 1.54) is 51.4 Å². The molecule has 0 radical (unpaired) electrons. The predicted octanol–water partition coefficient (Wildman–Crippen LogP) is 3.34. The van der Waals surface area contributed by atoms with E-state index in [1.807, 2.05) is 11.9 Å². The summed E-state index contributed by atoms with van der Waals surface area (Å²) in [6.07, 6.45) is 11.7. The second-order valence-corrected chi connectivity index (χ2v) is 6.99. The fourth-order valence-corrected chi connectivity index (χ4v) is 2.62. The van der Waals surface area contributed by atoms with E-state index in [0.29, 0.717) is 6.54 Å². The third kappa shape index (κ3) is 15.8. The van der Waals surface area contributed by atoms with Gasteiger partial charge in [-0.15, -0.1) is 0 Å². The van der Waals surface area contributed by atoms with Gasteiger partial charge in [-0.05, 0) is 20.0 Å². The second-order valence-electron chi connectivity index (χ2n) is 5.42. The Morgan fingerprint density at radius 2 is 1.32 bits per heavy atom. The normalized spacial score (nSPS) is 12.2. The fourth-order valence-electron chi connectivity index (χ4n) is 2.08. The minimum atomic E-state index is -3.81. The summed E-state index contributed by atoms with van der Waals surface area (Å²) in [6, 6.07) is 0. The minimum Gasteiger partial charge on any atom is -0.305 e. The van der Waals surface area contributed by atoms with Gasteiger partial charge in [0.1, 0.15) is 0 Å². The van der Waals surface area contributed by atoms with Crippen molar-refractivity contribution in [3.05, 3.63) is 0 Å². The molecule has 0 atom stereocenters. The van der Waals surface area contributed by atoms with Crippen LogP contribution >= 0.6 is 0 Å². The molecule has 0 saturated heterocycles. The van der Waals surface area contributed by atoms with Crippen LogP contribution < -0.4 is 0 Å². The Balaban J connectivity index is 3.25. The quantitative estimate of drug-likeness (QED) is 0.418. The van der Waals surface area contributed by atoms with Crippen LogP contribution in [0, 0.1) is 0 Å². The zero-order chi connectivity index (χ0) is 14.6. The van der Waals surface area contributed by atoms with Crippen LogP contribution in [0.2, 0.25) is 0 Å². The molecule has 0 rings (SSSR count). The first-order valence-electron chi connectivity index (χ1n) is 7.59. The summed E-state index contributed by atoms with van der Waals surface area (Å²) in [4.78, 5) is 1.97. The minimum absolute atomic E-state index is 0.166. The van der Waals surface area contributed by atoms with Crippen molar-refractivity contribution in [3.8, 4) is 0 Å². The monoisotopic (exact) mass is 293 g/mol. The SMILES string of the molecule is CCCCCCCCCCCN(C)CCS(=O)(=O)O. The van der Waals surface area contributed by atoms with Crippen molar-refractivity contribution in [1.29, 1.82) is 0 Å². The Bertz CT molecular complexity index is 291. The van der Waals surface area contributed by atoms with Gasteiger partial charge < -0.3 is 4.90 Å². The average molecular weight is 293 g/mol. The summed E-state index contributed by atoms with van der Waals surface area (Å²) < 4.78 is 29.8. The maximum absolute atomic E-state index is 10.6. The molecule has 0 aromatic rings. The van der Waals surface area contributed by atoms with Gasteiger partial charge in [0, 0.05) is 6.54 Å². The number of nitrogens with zero attached hydrogens (tertiary/aromatic N) is 1. The number of hydrogen-bond donors (Lipinski definition) is 1. The van der Waals surface area contributed by atoms with Crippen molar-refractivity contribution in [2.24, 2.45) is 0 Å². The van der Waals surface area contributed by atoms with Gasteiger partial charge >= 0.3 is 0 Å². The first kappa shape index (κ1) is 18.9. The molecule has 0 saturated carbocycles. The number of hydrogen-bond acceptors (Lipinski definition) is 3. The van der Waals surface area contributed by atoms with Crippen molar-refractivity contribution < 1.29 is 13.0 Å². The lowest BCUT2D eigenvalue weighted by molar-refractivity contribution is 0.337. The highest BCUT2D eigenvalue weighted by atomic mass is 32.2. The molecule has 0 aliphatic rings. The van der Waals surface area contributed by atoms with Crippen LogP contribution in [0.3, 0.4) is 0 Å². The van der Waals surface area contributed by atoms with Crippen LogP contribution in [0.5, 0.6) is 0 Å². The largest absolute Gasteiger partial charge is 0.305 e. The van der Waals surface area contributed by atoms with E-state index in [2.05, 4.69) is 6.92 Å². The molecule has 0 aliphatic heterocycles. The van der Waals surface area contributed by atoms with E-state index < -0.39 is 10.1 Å². The summed E-state index contributed by atoms with van der Waals surface area (Å²) in [5.41, 5.74) is 0. The Kier molecular flexibility index (Phi) is 11.6. The maximum atomic E-state index is 10.6.